The molecule has 1 aliphatic heterocycles. The van der Waals surface area contributed by atoms with Gasteiger partial charge in [0.05, 0.1) is 11.9 Å². The van der Waals surface area contributed by atoms with Gasteiger partial charge in [0, 0.05) is 6.54 Å². The van der Waals surface area contributed by atoms with Crippen molar-refractivity contribution in [1.82, 2.24) is 4.31 Å². The highest BCUT2D eigenvalue weighted by molar-refractivity contribution is 7.88. The minimum Gasteiger partial charge on any atom is -0.477 e. The third-order valence-corrected chi connectivity index (χ3v) is 5.49. The third-order valence-electron chi connectivity index (χ3n) is 3.30. The number of rotatable bonds is 4. The molecule has 0 aromatic carbocycles. The van der Waals surface area contributed by atoms with Crippen molar-refractivity contribution in [3.05, 3.63) is 16.3 Å². The van der Waals surface area contributed by atoms with Crippen LogP contribution in [0.1, 0.15) is 28.9 Å². The normalized spacial score (nSPS) is 20.1. The van der Waals surface area contributed by atoms with Crippen LogP contribution in [0, 0.1) is 0 Å². The zero-order valence-electron chi connectivity index (χ0n) is 11.4. The van der Waals surface area contributed by atoms with Gasteiger partial charge in [0.1, 0.15) is 10.9 Å². The molecule has 2 heterocycles. The van der Waals surface area contributed by atoms with Crippen molar-refractivity contribution in [3.8, 4) is 0 Å². The summed E-state index contributed by atoms with van der Waals surface area (Å²) in [7, 11) is -3.47. The SMILES string of the molecule is CS(=O)(=O)N1CCCCC1C(=O)Nc1ccsc1C(=O)O. The Bertz CT molecular complexity index is 652. The first-order valence-corrected chi connectivity index (χ1v) is 9.12. The molecule has 0 radical (unpaired) electrons. The van der Waals surface area contributed by atoms with Crippen molar-refractivity contribution in [2.45, 2.75) is 25.3 Å². The molecule has 2 N–H and O–H groups in total. The average Bonchev–Trinajstić information content (AvgIpc) is 2.86. The van der Waals surface area contributed by atoms with Crippen LogP contribution in [-0.4, -0.2) is 48.5 Å². The first-order chi connectivity index (χ1) is 9.80. The molecule has 1 unspecified atom stereocenters. The first kappa shape index (κ1) is 15.9. The molecule has 0 aliphatic carbocycles. The van der Waals surface area contributed by atoms with E-state index in [1.54, 1.807) is 5.38 Å². The van der Waals surface area contributed by atoms with Gasteiger partial charge in [0.25, 0.3) is 0 Å². The minimum atomic E-state index is -3.47. The average molecular weight is 332 g/mol. The number of piperidine rings is 1. The summed E-state index contributed by atoms with van der Waals surface area (Å²) in [5, 5.41) is 13.1. The summed E-state index contributed by atoms with van der Waals surface area (Å²) in [6.07, 6.45) is 2.99. The zero-order valence-corrected chi connectivity index (χ0v) is 13.0. The van der Waals surface area contributed by atoms with Gasteiger partial charge in [0.15, 0.2) is 0 Å². The molecule has 1 amide bonds. The van der Waals surface area contributed by atoms with E-state index in [2.05, 4.69) is 5.32 Å². The number of anilines is 1. The Balaban J connectivity index is 2.18. The molecule has 1 aromatic rings. The molecule has 116 valence electrons. The maximum atomic E-state index is 12.3. The number of carboxylic acids is 1. The standard InChI is InChI=1S/C12H16N2O5S2/c1-21(18,19)14-6-3-2-4-9(14)11(15)13-8-5-7-20-10(8)12(16)17/h5,7,9H,2-4,6H2,1H3,(H,13,15)(H,16,17). The fraction of sp³-hybridized carbons (Fsp3) is 0.500. The Morgan fingerprint density at radius 1 is 1.43 bits per heavy atom. The van der Waals surface area contributed by atoms with E-state index in [0.29, 0.717) is 13.0 Å². The zero-order chi connectivity index (χ0) is 15.6. The second-order valence-corrected chi connectivity index (χ2v) is 7.69. The van der Waals surface area contributed by atoms with Crippen LogP contribution >= 0.6 is 11.3 Å². The number of hydrogen-bond acceptors (Lipinski definition) is 5. The molecule has 9 heteroatoms. The van der Waals surface area contributed by atoms with Gasteiger partial charge >= 0.3 is 5.97 Å². The lowest BCUT2D eigenvalue weighted by Crippen LogP contribution is -2.49. The number of aromatic carboxylic acids is 1. The number of nitrogens with zero attached hydrogens (tertiary/aromatic N) is 1. The van der Waals surface area contributed by atoms with E-state index in [1.807, 2.05) is 0 Å². The summed E-state index contributed by atoms with van der Waals surface area (Å²) >= 11 is 1.01. The molecular formula is C12H16N2O5S2. The van der Waals surface area contributed by atoms with Crippen LogP contribution in [0.2, 0.25) is 0 Å². The largest absolute Gasteiger partial charge is 0.477 e. The van der Waals surface area contributed by atoms with Crippen molar-refractivity contribution >= 4 is 38.9 Å². The van der Waals surface area contributed by atoms with Crippen LogP contribution in [0.4, 0.5) is 5.69 Å². The first-order valence-electron chi connectivity index (χ1n) is 6.39. The molecule has 0 spiro atoms. The molecule has 1 atom stereocenters. The molecule has 0 bridgehead atoms. The maximum absolute atomic E-state index is 12.3. The molecule has 1 aromatic heterocycles. The third kappa shape index (κ3) is 3.60. The lowest BCUT2D eigenvalue weighted by atomic mass is 10.0. The van der Waals surface area contributed by atoms with Gasteiger partial charge in [0.2, 0.25) is 15.9 Å². The Morgan fingerprint density at radius 3 is 2.76 bits per heavy atom. The minimum absolute atomic E-state index is 0.0325. The second-order valence-electron chi connectivity index (χ2n) is 4.84. The fourth-order valence-electron chi connectivity index (χ4n) is 2.35. The van der Waals surface area contributed by atoms with E-state index in [4.69, 9.17) is 5.11 Å². The summed E-state index contributed by atoms with van der Waals surface area (Å²) < 4.78 is 24.6. The summed E-state index contributed by atoms with van der Waals surface area (Å²) in [5.41, 5.74) is 0.205. The number of thiophene rings is 1. The van der Waals surface area contributed by atoms with Crippen LogP contribution in [-0.2, 0) is 14.8 Å². The van der Waals surface area contributed by atoms with Crippen molar-refractivity contribution in [1.29, 1.82) is 0 Å². The van der Waals surface area contributed by atoms with Gasteiger partial charge in [-0.2, -0.15) is 4.31 Å². The van der Waals surface area contributed by atoms with Crippen LogP contribution < -0.4 is 5.32 Å². The van der Waals surface area contributed by atoms with E-state index in [0.717, 1.165) is 30.4 Å². The molecule has 1 saturated heterocycles. The van der Waals surface area contributed by atoms with Gasteiger partial charge < -0.3 is 10.4 Å². The Hall–Kier alpha value is -1.45. The highest BCUT2D eigenvalue weighted by Gasteiger charge is 2.34. The second kappa shape index (κ2) is 6.12. The number of sulfonamides is 1. The number of hydrogen-bond donors (Lipinski definition) is 2. The molecule has 2 rings (SSSR count). The van der Waals surface area contributed by atoms with Crippen molar-refractivity contribution < 1.29 is 23.1 Å². The van der Waals surface area contributed by atoms with E-state index in [-0.39, 0.29) is 10.6 Å². The van der Waals surface area contributed by atoms with Crippen molar-refractivity contribution in [3.63, 3.8) is 0 Å². The van der Waals surface area contributed by atoms with Crippen molar-refractivity contribution in [2.24, 2.45) is 0 Å². The lowest BCUT2D eigenvalue weighted by molar-refractivity contribution is -0.120. The highest BCUT2D eigenvalue weighted by atomic mass is 32.2. The molecule has 1 aliphatic rings. The van der Waals surface area contributed by atoms with Crippen LogP contribution in [0.3, 0.4) is 0 Å². The Labute approximate surface area is 126 Å². The Morgan fingerprint density at radius 2 is 2.14 bits per heavy atom. The van der Waals surface area contributed by atoms with E-state index in [9.17, 15) is 18.0 Å². The lowest BCUT2D eigenvalue weighted by Gasteiger charge is -2.32. The number of amides is 1. The molecular weight excluding hydrogens is 316 g/mol. The van der Waals surface area contributed by atoms with Crippen LogP contribution in [0.25, 0.3) is 0 Å². The topological polar surface area (TPSA) is 104 Å². The van der Waals surface area contributed by atoms with Gasteiger partial charge in [-0.3, -0.25) is 4.79 Å². The Kier molecular flexibility index (Phi) is 4.64. The fourth-order valence-corrected chi connectivity index (χ4v) is 4.16. The summed E-state index contributed by atoms with van der Waals surface area (Å²) in [6.45, 7) is 0.312. The van der Waals surface area contributed by atoms with Gasteiger partial charge in [-0.25, -0.2) is 13.2 Å². The monoisotopic (exact) mass is 332 g/mol. The number of nitrogens with one attached hydrogen (secondary N) is 1. The predicted molar refractivity (Wildman–Crippen MR) is 79.1 cm³/mol. The number of carboxylic acid groups (broad SMARTS) is 1. The van der Waals surface area contributed by atoms with E-state index in [1.165, 1.54) is 10.4 Å². The van der Waals surface area contributed by atoms with Gasteiger partial charge in [-0.15, -0.1) is 11.3 Å². The quantitative estimate of drug-likeness (QED) is 0.862. The number of carbonyl (C=O) groups excluding carboxylic acids is 1. The van der Waals surface area contributed by atoms with E-state index >= 15 is 0 Å². The smallest absolute Gasteiger partial charge is 0.348 e. The molecule has 7 nitrogen and oxygen atoms in total. The molecule has 21 heavy (non-hydrogen) atoms. The number of carbonyl (C=O) groups is 2. The highest BCUT2D eigenvalue weighted by Crippen LogP contribution is 2.25. The van der Waals surface area contributed by atoms with Crippen LogP contribution in [0.5, 0.6) is 0 Å². The summed E-state index contributed by atoms with van der Waals surface area (Å²) in [5.74, 6) is -1.61. The van der Waals surface area contributed by atoms with E-state index < -0.39 is 27.9 Å². The van der Waals surface area contributed by atoms with Crippen molar-refractivity contribution in [2.75, 3.05) is 18.1 Å². The summed E-state index contributed by atoms with van der Waals surface area (Å²) in [4.78, 5) is 23.3. The summed E-state index contributed by atoms with van der Waals surface area (Å²) in [6, 6.07) is 0.718. The van der Waals surface area contributed by atoms with Gasteiger partial charge in [-0.1, -0.05) is 6.42 Å². The van der Waals surface area contributed by atoms with Gasteiger partial charge in [-0.05, 0) is 24.3 Å². The maximum Gasteiger partial charge on any atom is 0.348 e. The van der Waals surface area contributed by atoms with Crippen LogP contribution in [0.15, 0.2) is 11.4 Å². The molecule has 0 saturated carbocycles. The molecule has 1 fully saturated rings. The predicted octanol–water partition coefficient (Wildman–Crippen LogP) is 1.20.